The minimum Gasteiger partial charge on any atom is -0.326 e. The van der Waals surface area contributed by atoms with Gasteiger partial charge in [0, 0.05) is 29.2 Å². The van der Waals surface area contributed by atoms with E-state index in [1.54, 1.807) is 49.9 Å². The van der Waals surface area contributed by atoms with E-state index < -0.39 is 10.0 Å². The molecule has 9 heteroatoms. The standard InChI is InChI=1S/C21H22N4O3S2/c1-14(2)20(26)23-16-7-9-18(10-8-16)30(27,28)24-17-5-3-15(4-6-17)19-13-29-21-22-11-12-25(19)21/h3-10,13-14,24H,11-12H2,1-2H3,(H,23,26). The van der Waals surface area contributed by atoms with Crippen molar-refractivity contribution in [2.24, 2.45) is 10.9 Å². The van der Waals surface area contributed by atoms with Gasteiger partial charge in [0.05, 0.1) is 17.1 Å². The Labute approximate surface area is 180 Å². The number of amidine groups is 1. The number of carbonyl (C=O) groups excluding carboxylic acids is 1. The highest BCUT2D eigenvalue weighted by Crippen LogP contribution is 2.35. The van der Waals surface area contributed by atoms with Crippen molar-refractivity contribution in [1.82, 2.24) is 4.90 Å². The van der Waals surface area contributed by atoms with Crippen molar-refractivity contribution < 1.29 is 13.2 Å². The molecule has 0 aliphatic carbocycles. The van der Waals surface area contributed by atoms with Gasteiger partial charge in [-0.3, -0.25) is 14.5 Å². The lowest BCUT2D eigenvalue weighted by atomic mass is 10.1. The van der Waals surface area contributed by atoms with Gasteiger partial charge in [-0.1, -0.05) is 37.7 Å². The molecular formula is C21H22N4O3S2. The van der Waals surface area contributed by atoms with E-state index in [0.717, 1.165) is 29.5 Å². The van der Waals surface area contributed by atoms with Gasteiger partial charge in [-0.05, 0) is 42.0 Å². The first-order valence-corrected chi connectivity index (χ1v) is 11.9. The number of nitrogens with zero attached hydrogens (tertiary/aromatic N) is 2. The Morgan fingerprint density at radius 3 is 2.40 bits per heavy atom. The molecule has 0 saturated carbocycles. The predicted octanol–water partition coefficient (Wildman–Crippen LogP) is 3.80. The number of nitrogens with one attached hydrogen (secondary N) is 2. The fourth-order valence-corrected chi connectivity index (χ4v) is 5.10. The van der Waals surface area contributed by atoms with Crippen LogP contribution in [0.3, 0.4) is 0 Å². The summed E-state index contributed by atoms with van der Waals surface area (Å²) in [5, 5.41) is 5.83. The molecule has 0 radical (unpaired) electrons. The van der Waals surface area contributed by atoms with E-state index in [-0.39, 0.29) is 16.7 Å². The average Bonchev–Trinajstić information content (AvgIpc) is 3.33. The maximum absolute atomic E-state index is 12.7. The van der Waals surface area contributed by atoms with Crippen LogP contribution in [0.5, 0.6) is 0 Å². The van der Waals surface area contributed by atoms with Gasteiger partial charge in [0.1, 0.15) is 0 Å². The van der Waals surface area contributed by atoms with Crippen molar-refractivity contribution in [3.63, 3.8) is 0 Å². The van der Waals surface area contributed by atoms with Crippen molar-refractivity contribution in [2.75, 3.05) is 23.1 Å². The molecule has 0 spiro atoms. The van der Waals surface area contributed by atoms with Gasteiger partial charge >= 0.3 is 0 Å². The summed E-state index contributed by atoms with van der Waals surface area (Å²) in [6.07, 6.45) is 0. The van der Waals surface area contributed by atoms with Gasteiger partial charge in [0.2, 0.25) is 5.91 Å². The third-order valence-corrected chi connectivity index (χ3v) is 7.06. The van der Waals surface area contributed by atoms with Crippen molar-refractivity contribution in [1.29, 1.82) is 0 Å². The molecule has 30 heavy (non-hydrogen) atoms. The molecule has 7 nitrogen and oxygen atoms in total. The Bertz CT molecular complexity index is 1120. The first kappa shape index (κ1) is 20.5. The second kappa shape index (κ2) is 8.16. The summed E-state index contributed by atoms with van der Waals surface area (Å²) in [5.41, 5.74) is 3.15. The Hall–Kier alpha value is -2.78. The lowest BCUT2D eigenvalue weighted by Gasteiger charge is -2.17. The molecule has 0 saturated heterocycles. The van der Waals surface area contributed by atoms with Crippen LogP contribution in [0.4, 0.5) is 11.4 Å². The number of hydrogen-bond donors (Lipinski definition) is 2. The number of benzene rings is 2. The Kier molecular flexibility index (Phi) is 5.57. The maximum atomic E-state index is 12.7. The largest absolute Gasteiger partial charge is 0.326 e. The van der Waals surface area contributed by atoms with Crippen LogP contribution in [0.1, 0.15) is 19.4 Å². The van der Waals surface area contributed by atoms with E-state index in [2.05, 4.69) is 25.3 Å². The smallest absolute Gasteiger partial charge is 0.261 e. The number of aliphatic imine (C=N–C) groups is 1. The molecule has 0 bridgehead atoms. The zero-order valence-corrected chi connectivity index (χ0v) is 18.3. The number of thioether (sulfide) groups is 1. The number of rotatable bonds is 6. The van der Waals surface area contributed by atoms with E-state index in [0.29, 0.717) is 11.4 Å². The highest BCUT2D eigenvalue weighted by atomic mass is 32.2. The van der Waals surface area contributed by atoms with E-state index in [1.807, 2.05) is 12.1 Å². The molecule has 2 heterocycles. The molecule has 1 amide bonds. The van der Waals surface area contributed by atoms with Crippen molar-refractivity contribution in [3.8, 4) is 0 Å². The summed E-state index contributed by atoms with van der Waals surface area (Å²) in [5.74, 6) is -0.270. The molecule has 0 aromatic heterocycles. The van der Waals surface area contributed by atoms with Crippen LogP contribution in [-0.2, 0) is 14.8 Å². The third kappa shape index (κ3) is 4.22. The number of sulfonamides is 1. The summed E-state index contributed by atoms with van der Waals surface area (Å²) in [4.78, 5) is 18.5. The first-order chi connectivity index (χ1) is 14.3. The van der Waals surface area contributed by atoms with Crippen LogP contribution >= 0.6 is 11.8 Å². The third-order valence-electron chi connectivity index (χ3n) is 4.76. The molecule has 0 fully saturated rings. The van der Waals surface area contributed by atoms with Gasteiger partial charge in [0.25, 0.3) is 10.0 Å². The lowest BCUT2D eigenvalue weighted by Crippen LogP contribution is -2.19. The minimum atomic E-state index is -3.73. The number of hydrogen-bond acceptors (Lipinski definition) is 6. The molecule has 2 aromatic rings. The highest BCUT2D eigenvalue weighted by molar-refractivity contribution is 8.16. The van der Waals surface area contributed by atoms with Crippen molar-refractivity contribution >= 4 is 49.9 Å². The molecule has 156 valence electrons. The van der Waals surface area contributed by atoms with Crippen LogP contribution in [0.2, 0.25) is 0 Å². The van der Waals surface area contributed by atoms with E-state index >= 15 is 0 Å². The number of amides is 1. The van der Waals surface area contributed by atoms with Crippen LogP contribution in [0.15, 0.2) is 63.8 Å². The van der Waals surface area contributed by atoms with E-state index in [4.69, 9.17) is 0 Å². The molecule has 4 rings (SSSR count). The number of carbonyl (C=O) groups is 1. The number of anilines is 2. The zero-order valence-electron chi connectivity index (χ0n) is 16.6. The fourth-order valence-electron chi connectivity index (χ4n) is 3.07. The normalized spacial score (nSPS) is 15.6. The van der Waals surface area contributed by atoms with Gasteiger partial charge < -0.3 is 10.2 Å². The zero-order chi connectivity index (χ0) is 21.3. The van der Waals surface area contributed by atoms with Crippen LogP contribution in [0, 0.1) is 5.92 Å². The SMILES string of the molecule is CC(C)C(=O)Nc1ccc(S(=O)(=O)Nc2ccc(C3=CSC4=NCCN34)cc2)cc1. The quantitative estimate of drug-likeness (QED) is 0.710. The first-order valence-electron chi connectivity index (χ1n) is 9.56. The topological polar surface area (TPSA) is 90.9 Å². The van der Waals surface area contributed by atoms with Gasteiger partial charge in [-0.25, -0.2) is 8.42 Å². The van der Waals surface area contributed by atoms with E-state index in [9.17, 15) is 13.2 Å². The fraction of sp³-hybridized carbons (Fsp3) is 0.238. The molecule has 2 N–H and O–H groups in total. The van der Waals surface area contributed by atoms with Crippen LogP contribution in [-0.4, -0.2) is 37.5 Å². The van der Waals surface area contributed by atoms with Crippen LogP contribution in [0.25, 0.3) is 5.70 Å². The summed E-state index contributed by atoms with van der Waals surface area (Å²) in [7, 11) is -3.73. The summed E-state index contributed by atoms with van der Waals surface area (Å²) < 4.78 is 28.0. The summed E-state index contributed by atoms with van der Waals surface area (Å²) >= 11 is 1.61. The average molecular weight is 443 g/mol. The minimum absolute atomic E-state index is 0.119. The molecular weight excluding hydrogens is 420 g/mol. The second-order valence-electron chi connectivity index (χ2n) is 7.29. The summed E-state index contributed by atoms with van der Waals surface area (Å²) in [6.45, 7) is 5.26. The molecule has 2 aliphatic heterocycles. The van der Waals surface area contributed by atoms with Crippen molar-refractivity contribution in [2.45, 2.75) is 18.7 Å². The molecule has 0 unspecified atom stereocenters. The molecule has 2 aliphatic rings. The van der Waals surface area contributed by atoms with Gasteiger partial charge in [-0.15, -0.1) is 0 Å². The number of fused-ring (bicyclic) bond motifs is 1. The maximum Gasteiger partial charge on any atom is 0.261 e. The Morgan fingerprint density at radius 1 is 1.07 bits per heavy atom. The molecule has 2 aromatic carbocycles. The van der Waals surface area contributed by atoms with Crippen molar-refractivity contribution in [3.05, 3.63) is 59.5 Å². The Morgan fingerprint density at radius 2 is 1.73 bits per heavy atom. The summed E-state index contributed by atoms with van der Waals surface area (Å²) in [6, 6.07) is 13.4. The Balaban J connectivity index is 1.44. The van der Waals surface area contributed by atoms with Gasteiger partial charge in [-0.2, -0.15) is 0 Å². The van der Waals surface area contributed by atoms with Gasteiger partial charge in [0.15, 0.2) is 5.17 Å². The highest BCUT2D eigenvalue weighted by Gasteiger charge is 2.27. The second-order valence-corrected chi connectivity index (χ2v) is 9.81. The lowest BCUT2D eigenvalue weighted by molar-refractivity contribution is -0.118. The monoisotopic (exact) mass is 442 g/mol. The molecule has 0 atom stereocenters. The van der Waals surface area contributed by atoms with E-state index in [1.165, 1.54) is 12.1 Å². The van der Waals surface area contributed by atoms with Crippen LogP contribution < -0.4 is 10.0 Å². The predicted molar refractivity (Wildman–Crippen MR) is 122 cm³/mol.